The van der Waals surface area contributed by atoms with E-state index >= 15 is 0 Å². The predicted octanol–water partition coefficient (Wildman–Crippen LogP) is 0.622. The van der Waals surface area contributed by atoms with Crippen LogP contribution in [-0.4, -0.2) is 53.5 Å². The summed E-state index contributed by atoms with van der Waals surface area (Å²) in [5, 5.41) is 16.8. The Morgan fingerprint density at radius 2 is 1.45 bits per heavy atom. The summed E-state index contributed by atoms with van der Waals surface area (Å²) >= 11 is 0. The highest BCUT2D eigenvalue weighted by atomic mass is 16.4. The summed E-state index contributed by atoms with van der Waals surface area (Å²) in [5.74, 6) is -2.75. The van der Waals surface area contributed by atoms with Crippen molar-refractivity contribution in [2.75, 3.05) is 6.54 Å². The number of carbonyl (C=O) groups excluding carboxylic acids is 3. The summed E-state index contributed by atoms with van der Waals surface area (Å²) in [7, 11) is 0. The summed E-state index contributed by atoms with van der Waals surface area (Å²) in [6.45, 7) is 10.8. The average molecular weight is 415 g/mol. The number of aliphatic carboxylic acids is 1. The molecule has 0 aromatic heterocycles. The van der Waals surface area contributed by atoms with Gasteiger partial charge in [0.15, 0.2) is 0 Å². The standard InChI is InChI=1S/C20H38N4O5/c1-7-12(5)16(21)18(26)24-17(13(6)8-2)19(27)22-10-15(25)23-14(20(28)29)9-11(3)4/h11-14,16-17H,7-10,21H2,1-6H3,(H,22,27)(H,23,25)(H,24,26)(H,28,29). The first-order chi connectivity index (χ1) is 13.4. The molecule has 0 radical (unpaired) electrons. The summed E-state index contributed by atoms with van der Waals surface area (Å²) in [6, 6.07) is -2.57. The lowest BCUT2D eigenvalue weighted by molar-refractivity contribution is -0.142. The number of carboxylic acids is 1. The van der Waals surface area contributed by atoms with E-state index in [1.165, 1.54) is 0 Å². The van der Waals surface area contributed by atoms with E-state index in [2.05, 4.69) is 16.0 Å². The van der Waals surface area contributed by atoms with Crippen LogP contribution in [0.1, 0.15) is 60.8 Å². The maximum absolute atomic E-state index is 12.6. The summed E-state index contributed by atoms with van der Waals surface area (Å²) in [6.07, 6.45) is 1.66. The van der Waals surface area contributed by atoms with E-state index in [-0.39, 0.29) is 30.7 Å². The number of hydrogen-bond donors (Lipinski definition) is 5. The lowest BCUT2D eigenvalue weighted by atomic mass is 9.95. The fourth-order valence-electron chi connectivity index (χ4n) is 2.68. The van der Waals surface area contributed by atoms with Crippen molar-refractivity contribution < 1.29 is 24.3 Å². The largest absolute Gasteiger partial charge is 0.480 e. The van der Waals surface area contributed by atoms with Crippen molar-refractivity contribution in [2.24, 2.45) is 23.5 Å². The molecule has 168 valence electrons. The summed E-state index contributed by atoms with van der Waals surface area (Å²) in [5.41, 5.74) is 5.94. The number of amides is 3. The number of hydrogen-bond acceptors (Lipinski definition) is 5. The van der Waals surface area contributed by atoms with Crippen LogP contribution >= 0.6 is 0 Å². The Labute approximate surface area is 173 Å². The van der Waals surface area contributed by atoms with Crippen LogP contribution in [0.3, 0.4) is 0 Å². The lowest BCUT2D eigenvalue weighted by Gasteiger charge is -2.26. The molecule has 5 atom stereocenters. The molecule has 0 aliphatic carbocycles. The van der Waals surface area contributed by atoms with Gasteiger partial charge in [0.25, 0.3) is 0 Å². The van der Waals surface area contributed by atoms with E-state index in [9.17, 15) is 24.3 Å². The van der Waals surface area contributed by atoms with Gasteiger partial charge < -0.3 is 26.8 Å². The molecule has 0 saturated heterocycles. The molecule has 0 aliphatic rings. The number of nitrogens with one attached hydrogen (secondary N) is 3. The van der Waals surface area contributed by atoms with Crippen LogP contribution in [0, 0.1) is 17.8 Å². The smallest absolute Gasteiger partial charge is 0.326 e. The van der Waals surface area contributed by atoms with Crippen LogP contribution in [-0.2, 0) is 19.2 Å². The van der Waals surface area contributed by atoms with Gasteiger partial charge in [-0.15, -0.1) is 0 Å². The first kappa shape index (κ1) is 26.8. The van der Waals surface area contributed by atoms with Crippen molar-refractivity contribution in [3.63, 3.8) is 0 Å². The Bertz CT molecular complexity index is 567. The predicted molar refractivity (Wildman–Crippen MR) is 111 cm³/mol. The van der Waals surface area contributed by atoms with E-state index < -0.39 is 41.8 Å². The third kappa shape index (κ3) is 9.74. The second kappa shape index (κ2) is 13.1. The minimum absolute atomic E-state index is 0.0321. The van der Waals surface area contributed by atoms with Crippen LogP contribution in [0.5, 0.6) is 0 Å². The zero-order chi connectivity index (χ0) is 22.7. The van der Waals surface area contributed by atoms with Crippen LogP contribution in [0.15, 0.2) is 0 Å². The fraction of sp³-hybridized carbons (Fsp3) is 0.800. The van der Waals surface area contributed by atoms with E-state index in [0.29, 0.717) is 6.42 Å². The van der Waals surface area contributed by atoms with E-state index in [1.54, 1.807) is 0 Å². The topological polar surface area (TPSA) is 151 Å². The highest BCUT2D eigenvalue weighted by Crippen LogP contribution is 2.11. The van der Waals surface area contributed by atoms with Crippen molar-refractivity contribution in [3.8, 4) is 0 Å². The number of rotatable bonds is 13. The van der Waals surface area contributed by atoms with Gasteiger partial charge in [0.05, 0.1) is 12.6 Å². The number of carboxylic acid groups (broad SMARTS) is 1. The molecule has 0 rings (SSSR count). The SMILES string of the molecule is CCC(C)C(N)C(=O)NC(C(=O)NCC(=O)NC(CC(C)C)C(=O)O)C(C)CC. The Balaban J connectivity index is 4.92. The van der Waals surface area contributed by atoms with Gasteiger partial charge in [0.1, 0.15) is 12.1 Å². The molecule has 5 unspecified atom stereocenters. The first-order valence-electron chi connectivity index (χ1n) is 10.3. The van der Waals surface area contributed by atoms with Crippen LogP contribution in [0.4, 0.5) is 0 Å². The molecule has 0 bridgehead atoms. The molecule has 0 aromatic rings. The Kier molecular flexibility index (Phi) is 12.2. The second-order valence-corrected chi connectivity index (χ2v) is 8.09. The minimum atomic E-state index is -1.12. The minimum Gasteiger partial charge on any atom is -0.480 e. The number of nitrogens with two attached hydrogens (primary N) is 1. The molecule has 0 heterocycles. The molecule has 29 heavy (non-hydrogen) atoms. The monoisotopic (exact) mass is 414 g/mol. The normalized spacial score (nSPS) is 16.3. The molecule has 0 spiro atoms. The van der Waals surface area contributed by atoms with Crippen LogP contribution in [0.2, 0.25) is 0 Å². The number of carbonyl (C=O) groups is 4. The highest BCUT2D eigenvalue weighted by molar-refractivity contribution is 5.92. The third-order valence-electron chi connectivity index (χ3n) is 5.12. The van der Waals surface area contributed by atoms with Gasteiger partial charge in [-0.2, -0.15) is 0 Å². The van der Waals surface area contributed by atoms with Crippen molar-refractivity contribution in [3.05, 3.63) is 0 Å². The Hall–Kier alpha value is -2.16. The van der Waals surface area contributed by atoms with Gasteiger partial charge in [0.2, 0.25) is 17.7 Å². The Morgan fingerprint density at radius 3 is 1.90 bits per heavy atom. The van der Waals surface area contributed by atoms with Gasteiger partial charge >= 0.3 is 5.97 Å². The van der Waals surface area contributed by atoms with E-state index in [0.717, 1.165) is 6.42 Å². The summed E-state index contributed by atoms with van der Waals surface area (Å²) in [4.78, 5) is 48.3. The van der Waals surface area contributed by atoms with Gasteiger partial charge in [0, 0.05) is 0 Å². The lowest BCUT2D eigenvalue weighted by Crippen LogP contribution is -2.56. The molecule has 6 N–H and O–H groups in total. The second-order valence-electron chi connectivity index (χ2n) is 8.09. The van der Waals surface area contributed by atoms with Crippen LogP contribution in [0.25, 0.3) is 0 Å². The van der Waals surface area contributed by atoms with Crippen LogP contribution < -0.4 is 21.7 Å². The molecule has 0 aromatic carbocycles. The van der Waals surface area contributed by atoms with Gasteiger partial charge in [-0.1, -0.05) is 54.4 Å². The van der Waals surface area contributed by atoms with Crippen molar-refractivity contribution in [1.29, 1.82) is 0 Å². The maximum Gasteiger partial charge on any atom is 0.326 e. The molecular weight excluding hydrogens is 376 g/mol. The first-order valence-corrected chi connectivity index (χ1v) is 10.3. The molecule has 9 nitrogen and oxygen atoms in total. The van der Waals surface area contributed by atoms with Gasteiger partial charge in [-0.3, -0.25) is 14.4 Å². The third-order valence-corrected chi connectivity index (χ3v) is 5.12. The van der Waals surface area contributed by atoms with Gasteiger partial charge in [-0.25, -0.2) is 4.79 Å². The van der Waals surface area contributed by atoms with Gasteiger partial charge in [-0.05, 0) is 24.2 Å². The van der Waals surface area contributed by atoms with Crippen molar-refractivity contribution >= 4 is 23.7 Å². The highest BCUT2D eigenvalue weighted by Gasteiger charge is 2.30. The van der Waals surface area contributed by atoms with E-state index in [1.807, 2.05) is 41.5 Å². The molecule has 0 fully saturated rings. The molecule has 0 aliphatic heterocycles. The molecule has 3 amide bonds. The Morgan fingerprint density at radius 1 is 0.897 bits per heavy atom. The zero-order valence-electron chi connectivity index (χ0n) is 18.5. The molecular formula is C20H38N4O5. The summed E-state index contributed by atoms with van der Waals surface area (Å²) < 4.78 is 0. The average Bonchev–Trinajstić information content (AvgIpc) is 2.67. The van der Waals surface area contributed by atoms with Crippen molar-refractivity contribution in [2.45, 2.75) is 78.9 Å². The maximum atomic E-state index is 12.6. The molecule has 9 heteroatoms. The van der Waals surface area contributed by atoms with Crippen molar-refractivity contribution in [1.82, 2.24) is 16.0 Å². The van der Waals surface area contributed by atoms with E-state index in [4.69, 9.17) is 5.73 Å². The fourth-order valence-corrected chi connectivity index (χ4v) is 2.68. The zero-order valence-corrected chi connectivity index (χ0v) is 18.5. The quantitative estimate of drug-likeness (QED) is 0.298. The molecule has 0 saturated carbocycles.